The molecule has 100 valence electrons. The summed E-state index contributed by atoms with van der Waals surface area (Å²) in [6.45, 7) is 8.54. The maximum Gasteiger partial charge on any atom is 0.223 e. The van der Waals surface area contributed by atoms with E-state index in [0.717, 1.165) is 12.8 Å². The van der Waals surface area contributed by atoms with Crippen molar-refractivity contribution in [2.45, 2.75) is 59.4 Å². The average Bonchev–Trinajstić information content (AvgIpc) is 2.26. The van der Waals surface area contributed by atoms with E-state index >= 15 is 0 Å². The second kappa shape index (κ2) is 6.08. The molecule has 3 atom stereocenters. The van der Waals surface area contributed by atoms with Gasteiger partial charge in [0.1, 0.15) is 0 Å². The maximum atomic E-state index is 12.3. The summed E-state index contributed by atoms with van der Waals surface area (Å²) in [6.07, 6.45) is 4.62. The van der Waals surface area contributed by atoms with E-state index in [1.807, 2.05) is 6.92 Å². The van der Waals surface area contributed by atoms with Gasteiger partial charge < -0.3 is 5.32 Å². The fourth-order valence-electron chi connectivity index (χ4n) is 2.58. The van der Waals surface area contributed by atoms with Crippen LogP contribution in [0.25, 0.3) is 0 Å². The Morgan fingerprint density at radius 3 is 2.59 bits per heavy atom. The van der Waals surface area contributed by atoms with E-state index in [9.17, 15) is 4.79 Å². The molecule has 0 radical (unpaired) electrons. The molecule has 0 saturated heterocycles. The minimum absolute atomic E-state index is 0.145. The van der Waals surface area contributed by atoms with Crippen LogP contribution >= 0.6 is 11.6 Å². The molecule has 0 aromatic rings. The molecule has 0 spiro atoms. The van der Waals surface area contributed by atoms with Crippen molar-refractivity contribution in [1.82, 2.24) is 5.32 Å². The smallest absolute Gasteiger partial charge is 0.223 e. The van der Waals surface area contributed by atoms with Crippen molar-refractivity contribution in [1.29, 1.82) is 0 Å². The summed E-state index contributed by atoms with van der Waals surface area (Å²) in [5.74, 6) is 1.31. The lowest BCUT2D eigenvalue weighted by molar-refractivity contribution is -0.131. The third-order valence-corrected chi connectivity index (χ3v) is 4.78. The highest BCUT2D eigenvalue weighted by Gasteiger charge is 2.37. The van der Waals surface area contributed by atoms with Gasteiger partial charge >= 0.3 is 0 Å². The summed E-state index contributed by atoms with van der Waals surface area (Å²) in [5, 5.41) is 3.13. The molecule has 0 aromatic heterocycles. The van der Waals surface area contributed by atoms with Crippen LogP contribution in [-0.2, 0) is 4.79 Å². The minimum atomic E-state index is 0.145. The predicted octanol–water partition coefficient (Wildman–Crippen LogP) is 3.58. The lowest BCUT2D eigenvalue weighted by Crippen LogP contribution is -2.46. The van der Waals surface area contributed by atoms with E-state index in [1.165, 1.54) is 12.8 Å². The van der Waals surface area contributed by atoms with Gasteiger partial charge in [0.2, 0.25) is 5.91 Å². The van der Waals surface area contributed by atoms with Gasteiger partial charge in [0, 0.05) is 17.8 Å². The van der Waals surface area contributed by atoms with Gasteiger partial charge in [0.25, 0.3) is 0 Å². The van der Waals surface area contributed by atoms with Crippen LogP contribution < -0.4 is 5.32 Å². The highest BCUT2D eigenvalue weighted by atomic mass is 35.5. The number of amides is 1. The molecule has 3 heteroatoms. The van der Waals surface area contributed by atoms with E-state index in [1.54, 1.807) is 0 Å². The standard InChI is InChI=1S/C14H26ClNO/c1-10(9-15)11(2)16-13(17)12-7-5-6-8-14(12,3)4/h10-12H,5-9H2,1-4H3,(H,16,17). The van der Waals surface area contributed by atoms with Crippen LogP contribution in [0.3, 0.4) is 0 Å². The molecule has 17 heavy (non-hydrogen) atoms. The highest BCUT2D eigenvalue weighted by Crippen LogP contribution is 2.40. The fraction of sp³-hybridized carbons (Fsp3) is 0.929. The van der Waals surface area contributed by atoms with Gasteiger partial charge in [-0.15, -0.1) is 11.6 Å². The quantitative estimate of drug-likeness (QED) is 0.769. The van der Waals surface area contributed by atoms with Gasteiger partial charge in [-0.05, 0) is 31.1 Å². The topological polar surface area (TPSA) is 29.1 Å². The van der Waals surface area contributed by atoms with Crippen molar-refractivity contribution in [2.24, 2.45) is 17.3 Å². The second-order valence-corrected chi connectivity index (χ2v) is 6.52. The van der Waals surface area contributed by atoms with Gasteiger partial charge in [-0.1, -0.05) is 33.6 Å². The summed E-state index contributed by atoms with van der Waals surface area (Å²) < 4.78 is 0. The first kappa shape index (κ1) is 14.8. The molecule has 1 fully saturated rings. The van der Waals surface area contributed by atoms with Crippen molar-refractivity contribution >= 4 is 17.5 Å². The van der Waals surface area contributed by atoms with E-state index in [-0.39, 0.29) is 23.3 Å². The summed E-state index contributed by atoms with van der Waals surface area (Å²) in [6, 6.07) is 0.165. The first-order chi connectivity index (χ1) is 7.88. The SMILES string of the molecule is CC(CCl)C(C)NC(=O)C1CCCCC1(C)C. The number of rotatable bonds is 4. The Labute approximate surface area is 110 Å². The normalized spacial score (nSPS) is 27.2. The Kier molecular flexibility index (Phi) is 5.30. The Morgan fingerprint density at radius 2 is 2.06 bits per heavy atom. The van der Waals surface area contributed by atoms with Crippen LogP contribution in [0, 0.1) is 17.3 Å². The molecule has 0 heterocycles. The second-order valence-electron chi connectivity index (χ2n) is 6.22. The van der Waals surface area contributed by atoms with Crippen LogP contribution in [-0.4, -0.2) is 17.8 Å². The molecular formula is C14H26ClNO. The summed E-state index contributed by atoms with van der Waals surface area (Å²) >= 11 is 5.82. The number of carbonyl (C=O) groups excluding carboxylic acids is 1. The van der Waals surface area contributed by atoms with Crippen molar-refractivity contribution in [2.75, 3.05) is 5.88 Å². The Hall–Kier alpha value is -0.240. The summed E-state index contributed by atoms with van der Waals surface area (Å²) in [4.78, 5) is 12.3. The van der Waals surface area contributed by atoms with Gasteiger partial charge in [0.15, 0.2) is 0 Å². The zero-order chi connectivity index (χ0) is 13.1. The molecule has 0 aromatic carbocycles. The minimum Gasteiger partial charge on any atom is -0.353 e. The first-order valence-corrected chi connectivity index (χ1v) is 7.28. The van der Waals surface area contributed by atoms with Crippen LogP contribution in [0.2, 0.25) is 0 Å². The van der Waals surface area contributed by atoms with Crippen molar-refractivity contribution in [3.8, 4) is 0 Å². The predicted molar refractivity (Wildman–Crippen MR) is 73.2 cm³/mol. The first-order valence-electron chi connectivity index (χ1n) is 6.75. The van der Waals surface area contributed by atoms with Crippen LogP contribution in [0.1, 0.15) is 53.4 Å². The number of alkyl halides is 1. The summed E-state index contributed by atoms with van der Waals surface area (Å²) in [5.41, 5.74) is 0.145. The number of halogens is 1. The molecular weight excluding hydrogens is 234 g/mol. The molecule has 1 aliphatic rings. The molecule has 1 N–H and O–H groups in total. The van der Waals surface area contributed by atoms with Crippen molar-refractivity contribution in [3.63, 3.8) is 0 Å². The molecule has 1 amide bonds. The monoisotopic (exact) mass is 259 g/mol. The highest BCUT2D eigenvalue weighted by molar-refractivity contribution is 6.18. The third-order valence-electron chi connectivity index (χ3n) is 4.29. The van der Waals surface area contributed by atoms with Crippen LogP contribution in [0.4, 0.5) is 0 Å². The van der Waals surface area contributed by atoms with Gasteiger partial charge in [-0.3, -0.25) is 4.79 Å². The largest absolute Gasteiger partial charge is 0.353 e. The Morgan fingerprint density at radius 1 is 1.41 bits per heavy atom. The van der Waals surface area contributed by atoms with Gasteiger partial charge in [-0.25, -0.2) is 0 Å². The van der Waals surface area contributed by atoms with E-state index in [2.05, 4.69) is 26.1 Å². The Balaban J connectivity index is 2.57. The van der Waals surface area contributed by atoms with Crippen molar-refractivity contribution < 1.29 is 4.79 Å². The third kappa shape index (κ3) is 3.87. The van der Waals surface area contributed by atoms with E-state index in [0.29, 0.717) is 11.8 Å². The van der Waals surface area contributed by atoms with E-state index < -0.39 is 0 Å². The van der Waals surface area contributed by atoms with Gasteiger partial charge in [0.05, 0.1) is 0 Å². The molecule has 1 rings (SSSR count). The number of nitrogens with one attached hydrogen (secondary N) is 1. The number of hydrogen-bond acceptors (Lipinski definition) is 1. The van der Waals surface area contributed by atoms with Crippen LogP contribution in [0.15, 0.2) is 0 Å². The number of hydrogen-bond donors (Lipinski definition) is 1. The molecule has 1 saturated carbocycles. The zero-order valence-electron chi connectivity index (χ0n) is 11.6. The average molecular weight is 260 g/mol. The molecule has 1 aliphatic carbocycles. The lowest BCUT2D eigenvalue weighted by Gasteiger charge is -2.38. The molecule has 0 aliphatic heterocycles. The van der Waals surface area contributed by atoms with Gasteiger partial charge in [-0.2, -0.15) is 0 Å². The maximum absolute atomic E-state index is 12.3. The Bertz CT molecular complexity index is 265. The number of carbonyl (C=O) groups is 1. The molecule has 2 nitrogen and oxygen atoms in total. The van der Waals surface area contributed by atoms with E-state index in [4.69, 9.17) is 11.6 Å². The van der Waals surface area contributed by atoms with Crippen molar-refractivity contribution in [3.05, 3.63) is 0 Å². The summed E-state index contributed by atoms with van der Waals surface area (Å²) in [7, 11) is 0. The zero-order valence-corrected chi connectivity index (χ0v) is 12.3. The molecule has 0 bridgehead atoms. The fourth-order valence-corrected chi connectivity index (χ4v) is 2.85. The van der Waals surface area contributed by atoms with Crippen LogP contribution in [0.5, 0.6) is 0 Å². The lowest BCUT2D eigenvalue weighted by atomic mass is 9.68. The molecule has 3 unspecified atom stereocenters.